The van der Waals surface area contributed by atoms with E-state index in [0.29, 0.717) is 13.1 Å². The highest BCUT2D eigenvalue weighted by Crippen LogP contribution is 2.19. The molecule has 0 spiro atoms. The molecule has 3 nitrogen and oxygen atoms in total. The third kappa shape index (κ3) is 3.22. The van der Waals surface area contributed by atoms with Gasteiger partial charge in [-0.05, 0) is 25.5 Å². The molecule has 3 heteroatoms. The minimum absolute atomic E-state index is 0.301. The van der Waals surface area contributed by atoms with Gasteiger partial charge in [0.05, 0.1) is 6.10 Å². The number of aliphatic hydroxyl groups is 1. The van der Waals surface area contributed by atoms with Crippen molar-refractivity contribution in [3.05, 3.63) is 29.3 Å². The lowest BCUT2D eigenvalue weighted by Gasteiger charge is -2.24. The second-order valence-electron chi connectivity index (χ2n) is 4.06. The first-order valence-corrected chi connectivity index (χ1v) is 5.21. The summed E-state index contributed by atoms with van der Waals surface area (Å²) in [6, 6.07) is 6.29. The van der Waals surface area contributed by atoms with Crippen molar-refractivity contribution >= 4 is 5.69 Å². The molecular formula is C12H20N2O. The minimum Gasteiger partial charge on any atom is -0.390 e. The van der Waals surface area contributed by atoms with Gasteiger partial charge in [0.25, 0.3) is 0 Å². The number of aryl methyl sites for hydroxylation is 2. The number of benzene rings is 1. The molecule has 1 rings (SSSR count). The van der Waals surface area contributed by atoms with E-state index in [0.717, 1.165) is 5.69 Å². The van der Waals surface area contributed by atoms with E-state index in [1.807, 2.05) is 11.9 Å². The molecule has 0 saturated carbocycles. The molecule has 15 heavy (non-hydrogen) atoms. The molecule has 0 aromatic heterocycles. The van der Waals surface area contributed by atoms with Crippen LogP contribution in [0.3, 0.4) is 0 Å². The van der Waals surface area contributed by atoms with E-state index >= 15 is 0 Å². The van der Waals surface area contributed by atoms with E-state index in [1.165, 1.54) is 11.1 Å². The van der Waals surface area contributed by atoms with E-state index in [-0.39, 0.29) is 0 Å². The van der Waals surface area contributed by atoms with Crippen LogP contribution in [-0.4, -0.2) is 31.3 Å². The highest BCUT2D eigenvalue weighted by molar-refractivity contribution is 5.53. The lowest BCUT2D eigenvalue weighted by molar-refractivity contribution is 0.189. The Morgan fingerprint density at radius 2 is 2.07 bits per heavy atom. The topological polar surface area (TPSA) is 49.5 Å². The normalized spacial score (nSPS) is 12.6. The largest absolute Gasteiger partial charge is 0.390 e. The first-order valence-electron chi connectivity index (χ1n) is 5.21. The zero-order valence-electron chi connectivity index (χ0n) is 9.70. The van der Waals surface area contributed by atoms with Crippen molar-refractivity contribution in [3.8, 4) is 0 Å². The van der Waals surface area contributed by atoms with Crippen LogP contribution in [0.5, 0.6) is 0 Å². The van der Waals surface area contributed by atoms with Gasteiger partial charge in [-0.1, -0.05) is 17.7 Å². The minimum atomic E-state index is -0.462. The molecule has 0 amide bonds. The molecule has 1 aromatic carbocycles. The number of hydrogen-bond donors (Lipinski definition) is 2. The first-order chi connectivity index (χ1) is 7.04. The lowest BCUT2D eigenvalue weighted by Crippen LogP contribution is -2.34. The molecule has 0 radical (unpaired) electrons. The Bertz CT molecular complexity index is 325. The van der Waals surface area contributed by atoms with Gasteiger partial charge in [-0.2, -0.15) is 0 Å². The second kappa shape index (κ2) is 5.14. The van der Waals surface area contributed by atoms with Crippen molar-refractivity contribution in [2.75, 3.05) is 25.0 Å². The highest BCUT2D eigenvalue weighted by Gasteiger charge is 2.08. The summed E-state index contributed by atoms with van der Waals surface area (Å²) in [5, 5.41) is 9.47. The van der Waals surface area contributed by atoms with Crippen molar-refractivity contribution in [3.63, 3.8) is 0 Å². The van der Waals surface area contributed by atoms with E-state index in [9.17, 15) is 5.11 Å². The number of hydrogen-bond acceptors (Lipinski definition) is 3. The lowest BCUT2D eigenvalue weighted by atomic mass is 10.1. The Labute approximate surface area is 91.5 Å². The number of anilines is 1. The van der Waals surface area contributed by atoms with Crippen LogP contribution in [0.4, 0.5) is 5.69 Å². The number of nitrogens with two attached hydrogens (primary N) is 1. The summed E-state index contributed by atoms with van der Waals surface area (Å²) in [7, 11) is 1.97. The highest BCUT2D eigenvalue weighted by atomic mass is 16.3. The molecule has 0 aliphatic heterocycles. The molecule has 1 atom stereocenters. The molecule has 1 unspecified atom stereocenters. The summed E-state index contributed by atoms with van der Waals surface area (Å²) >= 11 is 0. The zero-order chi connectivity index (χ0) is 11.4. The van der Waals surface area contributed by atoms with E-state index in [1.54, 1.807) is 0 Å². The van der Waals surface area contributed by atoms with Gasteiger partial charge in [0.1, 0.15) is 0 Å². The molecular weight excluding hydrogens is 188 g/mol. The molecule has 0 aliphatic rings. The van der Waals surface area contributed by atoms with Crippen LogP contribution in [-0.2, 0) is 0 Å². The quantitative estimate of drug-likeness (QED) is 0.778. The number of rotatable bonds is 4. The Morgan fingerprint density at radius 1 is 1.40 bits per heavy atom. The van der Waals surface area contributed by atoms with Gasteiger partial charge in [0.15, 0.2) is 0 Å². The Balaban J connectivity index is 2.77. The average molecular weight is 208 g/mol. The molecule has 0 saturated heterocycles. The summed E-state index contributed by atoms with van der Waals surface area (Å²) in [4.78, 5) is 2.03. The Hall–Kier alpha value is -1.06. The molecule has 1 aromatic rings. The summed E-state index contributed by atoms with van der Waals surface area (Å²) in [6.45, 7) is 5.02. The van der Waals surface area contributed by atoms with Crippen LogP contribution < -0.4 is 10.6 Å². The molecule has 3 N–H and O–H groups in total. The van der Waals surface area contributed by atoms with Crippen LogP contribution in [0.25, 0.3) is 0 Å². The monoisotopic (exact) mass is 208 g/mol. The fourth-order valence-electron chi connectivity index (χ4n) is 1.72. The maximum atomic E-state index is 9.47. The van der Waals surface area contributed by atoms with Crippen molar-refractivity contribution in [1.29, 1.82) is 0 Å². The number of aliphatic hydroxyl groups excluding tert-OH is 1. The van der Waals surface area contributed by atoms with E-state index < -0.39 is 6.10 Å². The van der Waals surface area contributed by atoms with Crippen LogP contribution in [0.15, 0.2) is 18.2 Å². The van der Waals surface area contributed by atoms with Gasteiger partial charge < -0.3 is 15.7 Å². The predicted octanol–water partition coefficient (Wildman–Crippen LogP) is 1.06. The average Bonchev–Trinajstić information content (AvgIpc) is 2.17. The van der Waals surface area contributed by atoms with Crippen molar-refractivity contribution in [2.24, 2.45) is 5.73 Å². The number of likely N-dealkylation sites (N-methyl/N-ethyl adjacent to an activating group) is 1. The molecule has 0 bridgehead atoms. The molecule has 0 fully saturated rings. The molecule has 0 heterocycles. The SMILES string of the molecule is Cc1ccc(N(C)CC(O)CN)c(C)c1. The van der Waals surface area contributed by atoms with E-state index in [2.05, 4.69) is 32.0 Å². The van der Waals surface area contributed by atoms with Gasteiger partial charge >= 0.3 is 0 Å². The zero-order valence-corrected chi connectivity index (χ0v) is 9.70. The molecule has 0 aliphatic carbocycles. The van der Waals surface area contributed by atoms with Crippen molar-refractivity contribution < 1.29 is 5.11 Å². The third-order valence-corrected chi connectivity index (χ3v) is 2.52. The van der Waals surface area contributed by atoms with Gasteiger partial charge in [0, 0.05) is 25.8 Å². The van der Waals surface area contributed by atoms with Crippen molar-refractivity contribution in [2.45, 2.75) is 20.0 Å². The summed E-state index contributed by atoms with van der Waals surface area (Å²) in [5.41, 5.74) is 9.01. The standard InChI is InChI=1S/C12H20N2O/c1-9-4-5-12(10(2)6-9)14(3)8-11(15)7-13/h4-6,11,15H,7-8,13H2,1-3H3. The third-order valence-electron chi connectivity index (χ3n) is 2.52. The van der Waals surface area contributed by atoms with Crippen LogP contribution in [0, 0.1) is 13.8 Å². The second-order valence-corrected chi connectivity index (χ2v) is 4.06. The van der Waals surface area contributed by atoms with Gasteiger partial charge in [0.2, 0.25) is 0 Å². The van der Waals surface area contributed by atoms with Crippen LogP contribution in [0.2, 0.25) is 0 Å². The maximum absolute atomic E-state index is 9.47. The summed E-state index contributed by atoms with van der Waals surface area (Å²) in [6.07, 6.45) is -0.462. The van der Waals surface area contributed by atoms with E-state index in [4.69, 9.17) is 5.73 Å². The number of nitrogens with zero attached hydrogens (tertiary/aromatic N) is 1. The Morgan fingerprint density at radius 3 is 2.60 bits per heavy atom. The smallest absolute Gasteiger partial charge is 0.0836 e. The maximum Gasteiger partial charge on any atom is 0.0836 e. The van der Waals surface area contributed by atoms with Crippen molar-refractivity contribution in [1.82, 2.24) is 0 Å². The predicted molar refractivity (Wildman–Crippen MR) is 64.2 cm³/mol. The van der Waals surface area contributed by atoms with Gasteiger partial charge in [-0.15, -0.1) is 0 Å². The Kier molecular flexibility index (Phi) is 4.12. The van der Waals surface area contributed by atoms with Gasteiger partial charge in [-0.25, -0.2) is 0 Å². The first kappa shape index (κ1) is 12.0. The van der Waals surface area contributed by atoms with Crippen LogP contribution >= 0.6 is 0 Å². The van der Waals surface area contributed by atoms with Crippen LogP contribution in [0.1, 0.15) is 11.1 Å². The fourth-order valence-corrected chi connectivity index (χ4v) is 1.72. The van der Waals surface area contributed by atoms with Gasteiger partial charge in [-0.3, -0.25) is 0 Å². The summed E-state index contributed by atoms with van der Waals surface area (Å²) in [5.74, 6) is 0. The fraction of sp³-hybridized carbons (Fsp3) is 0.500. The molecule has 84 valence electrons. The summed E-state index contributed by atoms with van der Waals surface area (Å²) < 4.78 is 0.